The minimum Gasteiger partial charge on any atom is -0.497 e. The van der Waals surface area contributed by atoms with Crippen molar-refractivity contribution in [3.63, 3.8) is 0 Å². The number of aryl methyl sites for hydroxylation is 1. The molecule has 0 atom stereocenters. The smallest absolute Gasteiger partial charge is 0.255 e. The van der Waals surface area contributed by atoms with Crippen molar-refractivity contribution in [3.8, 4) is 11.4 Å². The van der Waals surface area contributed by atoms with Gasteiger partial charge in [0.25, 0.3) is 5.91 Å². The molecule has 8 nitrogen and oxygen atoms in total. The Morgan fingerprint density at radius 1 is 0.974 bits per heavy atom. The van der Waals surface area contributed by atoms with Crippen molar-refractivity contribution in [1.29, 1.82) is 0 Å². The molecule has 4 rings (SSSR count). The second-order valence-electron chi connectivity index (χ2n) is 9.04. The van der Waals surface area contributed by atoms with Crippen molar-refractivity contribution >= 4 is 22.1 Å². The molecule has 0 aliphatic heterocycles. The number of nitrogens with zero attached hydrogens (tertiary/aromatic N) is 3. The highest BCUT2D eigenvalue weighted by Gasteiger charge is 2.26. The zero-order valence-electron chi connectivity index (χ0n) is 22.2. The predicted octanol–water partition coefficient (Wildman–Crippen LogP) is 4.49. The fraction of sp³-hybridized carbons (Fsp3) is 0.200. The Morgan fingerprint density at radius 2 is 1.62 bits per heavy atom. The van der Waals surface area contributed by atoms with Gasteiger partial charge in [-0.2, -0.15) is 9.41 Å². The first kappa shape index (κ1) is 27.8. The molecular formula is C30H32N4O4S. The summed E-state index contributed by atoms with van der Waals surface area (Å²) in [5, 5.41) is 4.12. The van der Waals surface area contributed by atoms with E-state index in [4.69, 9.17) is 4.74 Å². The lowest BCUT2D eigenvalue weighted by atomic mass is 10.1. The Kier molecular flexibility index (Phi) is 8.96. The van der Waals surface area contributed by atoms with Gasteiger partial charge in [0.15, 0.2) is 0 Å². The third-order valence-corrected chi connectivity index (χ3v) is 8.25. The number of hydrogen-bond acceptors (Lipinski definition) is 5. The lowest BCUT2D eigenvalue weighted by Gasteiger charge is -2.21. The Hall–Kier alpha value is -4.21. The Labute approximate surface area is 229 Å². The maximum absolute atomic E-state index is 13.5. The van der Waals surface area contributed by atoms with E-state index in [2.05, 4.69) is 15.1 Å². The Bertz CT molecular complexity index is 1530. The van der Waals surface area contributed by atoms with Crippen LogP contribution in [0.5, 0.6) is 5.75 Å². The summed E-state index contributed by atoms with van der Waals surface area (Å²) in [5.74, 6) is 0.0109. The van der Waals surface area contributed by atoms with E-state index < -0.39 is 15.9 Å². The van der Waals surface area contributed by atoms with Crippen LogP contribution in [-0.2, 0) is 21.2 Å². The van der Waals surface area contributed by atoms with Gasteiger partial charge >= 0.3 is 0 Å². The number of aromatic nitrogens is 1. The number of benzene rings is 3. The summed E-state index contributed by atoms with van der Waals surface area (Å²) in [6.07, 6.45) is 2.03. The van der Waals surface area contributed by atoms with Crippen LogP contribution in [0.4, 0.5) is 0 Å². The summed E-state index contributed by atoms with van der Waals surface area (Å²) in [6.45, 7) is 3.75. The van der Waals surface area contributed by atoms with E-state index in [1.54, 1.807) is 18.3 Å². The normalized spacial score (nSPS) is 11.7. The number of hydrogen-bond donors (Lipinski definition) is 1. The van der Waals surface area contributed by atoms with E-state index in [1.165, 1.54) is 23.5 Å². The van der Waals surface area contributed by atoms with Crippen molar-refractivity contribution < 1.29 is 17.9 Å². The number of carbonyl (C=O) groups is 1. The number of rotatable bonds is 11. The molecule has 0 aliphatic rings. The number of sulfonamides is 1. The Morgan fingerprint density at radius 3 is 2.26 bits per heavy atom. The quantitative estimate of drug-likeness (QED) is 0.223. The summed E-state index contributed by atoms with van der Waals surface area (Å²) in [7, 11) is -2.43. The fourth-order valence-corrected chi connectivity index (χ4v) is 5.74. The first-order valence-electron chi connectivity index (χ1n) is 12.5. The van der Waals surface area contributed by atoms with Crippen LogP contribution < -0.4 is 10.2 Å². The van der Waals surface area contributed by atoms with Crippen molar-refractivity contribution in [2.75, 3.05) is 20.2 Å². The molecule has 3 aromatic carbocycles. The molecule has 202 valence electrons. The van der Waals surface area contributed by atoms with E-state index in [1.807, 2.05) is 80.6 Å². The van der Waals surface area contributed by atoms with Gasteiger partial charge in [-0.1, -0.05) is 48.5 Å². The average Bonchev–Trinajstić information content (AvgIpc) is 3.24. The van der Waals surface area contributed by atoms with Crippen molar-refractivity contribution in [2.45, 2.75) is 25.2 Å². The first-order valence-corrected chi connectivity index (χ1v) is 14.0. The SMILES string of the molecule is COc1ccc(S(=O)(=O)N(CCc2ccccc2)CC(=O)N/N=C\c2cc(C)n(-c3ccccc3)c2C)cc1. The topological polar surface area (TPSA) is 93.0 Å². The fourth-order valence-electron chi connectivity index (χ4n) is 4.34. The average molecular weight is 545 g/mol. The minimum atomic E-state index is -3.95. The lowest BCUT2D eigenvalue weighted by Crippen LogP contribution is -2.40. The molecule has 0 radical (unpaired) electrons. The molecular weight excluding hydrogens is 512 g/mol. The molecule has 1 aromatic heterocycles. The van der Waals surface area contributed by atoms with Crippen molar-refractivity contribution in [1.82, 2.24) is 14.3 Å². The minimum absolute atomic E-state index is 0.0843. The van der Waals surface area contributed by atoms with E-state index >= 15 is 0 Å². The second-order valence-corrected chi connectivity index (χ2v) is 11.0. The molecule has 0 aliphatic carbocycles. The second kappa shape index (κ2) is 12.6. The van der Waals surface area contributed by atoms with Gasteiger partial charge < -0.3 is 9.30 Å². The van der Waals surface area contributed by atoms with E-state index in [0.717, 1.165) is 28.2 Å². The van der Waals surface area contributed by atoms with Crippen LogP contribution in [-0.4, -0.2) is 49.6 Å². The van der Waals surface area contributed by atoms with Gasteiger partial charge in [0, 0.05) is 29.2 Å². The largest absolute Gasteiger partial charge is 0.497 e. The number of ether oxygens (including phenoxy) is 1. The van der Waals surface area contributed by atoms with Crippen LogP contribution in [0, 0.1) is 13.8 Å². The maximum Gasteiger partial charge on any atom is 0.255 e. The molecule has 0 saturated heterocycles. The van der Waals surface area contributed by atoms with E-state index in [9.17, 15) is 13.2 Å². The van der Waals surface area contributed by atoms with Gasteiger partial charge in [-0.3, -0.25) is 4.79 Å². The summed E-state index contributed by atoms with van der Waals surface area (Å²) < 4.78 is 35.4. The molecule has 1 heterocycles. The summed E-state index contributed by atoms with van der Waals surface area (Å²) in [6, 6.07) is 27.6. The monoisotopic (exact) mass is 544 g/mol. The van der Waals surface area contributed by atoms with Gasteiger partial charge in [0.2, 0.25) is 10.0 Å². The molecule has 0 saturated carbocycles. The molecule has 0 fully saturated rings. The summed E-state index contributed by atoms with van der Waals surface area (Å²) in [5.41, 5.74) is 7.36. The number of amides is 1. The molecule has 0 unspecified atom stereocenters. The van der Waals surface area contributed by atoms with Crippen LogP contribution in [0.3, 0.4) is 0 Å². The highest BCUT2D eigenvalue weighted by Crippen LogP contribution is 2.21. The number of nitrogens with one attached hydrogen (secondary N) is 1. The van der Waals surface area contributed by atoms with Crippen molar-refractivity contribution in [2.24, 2.45) is 5.10 Å². The highest BCUT2D eigenvalue weighted by molar-refractivity contribution is 7.89. The van der Waals surface area contributed by atoms with Gasteiger partial charge in [-0.25, -0.2) is 13.8 Å². The van der Waals surface area contributed by atoms with Gasteiger partial charge in [0.1, 0.15) is 5.75 Å². The van der Waals surface area contributed by atoms with Gasteiger partial charge in [0.05, 0.1) is 24.8 Å². The predicted molar refractivity (Wildman–Crippen MR) is 153 cm³/mol. The summed E-state index contributed by atoms with van der Waals surface area (Å²) >= 11 is 0. The molecule has 1 N–H and O–H groups in total. The first-order chi connectivity index (χ1) is 18.8. The molecule has 0 spiro atoms. The number of methoxy groups -OCH3 is 1. The van der Waals surface area contributed by atoms with Crippen LogP contribution in [0.25, 0.3) is 5.69 Å². The van der Waals surface area contributed by atoms with Gasteiger partial charge in [-0.15, -0.1) is 0 Å². The molecule has 4 aromatic rings. The standard InChI is InChI=1S/C30H32N4O4S/c1-23-20-26(24(2)34(23)27-12-8-5-9-13-27)21-31-32-30(35)22-33(19-18-25-10-6-4-7-11-25)39(36,37)29-16-14-28(38-3)15-17-29/h4-17,20-21H,18-19,22H2,1-3H3,(H,32,35)/b31-21-. The molecule has 39 heavy (non-hydrogen) atoms. The van der Waals surface area contributed by atoms with Crippen LogP contribution in [0.15, 0.2) is 101 Å². The van der Waals surface area contributed by atoms with Crippen LogP contribution in [0.2, 0.25) is 0 Å². The van der Waals surface area contributed by atoms with E-state index in [-0.39, 0.29) is 18.0 Å². The lowest BCUT2D eigenvalue weighted by molar-refractivity contribution is -0.121. The zero-order chi connectivity index (χ0) is 27.8. The highest BCUT2D eigenvalue weighted by atomic mass is 32.2. The number of carbonyl (C=O) groups excluding carboxylic acids is 1. The molecule has 1 amide bonds. The number of para-hydroxylation sites is 1. The molecule has 0 bridgehead atoms. The van der Waals surface area contributed by atoms with Crippen LogP contribution in [0.1, 0.15) is 22.5 Å². The number of hydrazone groups is 1. The zero-order valence-corrected chi connectivity index (χ0v) is 23.1. The van der Waals surface area contributed by atoms with E-state index in [0.29, 0.717) is 12.2 Å². The van der Waals surface area contributed by atoms with Crippen LogP contribution >= 0.6 is 0 Å². The Balaban J connectivity index is 1.49. The third-order valence-electron chi connectivity index (χ3n) is 6.39. The third kappa shape index (κ3) is 6.81. The molecule has 9 heteroatoms. The summed E-state index contributed by atoms with van der Waals surface area (Å²) in [4.78, 5) is 12.9. The maximum atomic E-state index is 13.5. The van der Waals surface area contributed by atoms with Crippen molar-refractivity contribution in [3.05, 3.63) is 114 Å². The van der Waals surface area contributed by atoms with Gasteiger partial charge in [-0.05, 0) is 68.3 Å².